The predicted molar refractivity (Wildman–Crippen MR) is 67.9 cm³/mol. The van der Waals surface area contributed by atoms with E-state index in [-0.39, 0.29) is 6.10 Å². The number of likely N-dealkylation sites (N-methyl/N-ethyl adjacent to an activating group) is 1. The van der Waals surface area contributed by atoms with Crippen LogP contribution in [0, 0.1) is 11.8 Å². The van der Waals surface area contributed by atoms with Crippen molar-refractivity contribution in [2.24, 2.45) is 17.6 Å². The average molecular weight is 242 g/mol. The Morgan fingerprint density at radius 2 is 2.12 bits per heavy atom. The number of hydrogen-bond acceptors (Lipinski definition) is 4. The van der Waals surface area contributed by atoms with E-state index < -0.39 is 0 Å². The molecule has 1 saturated heterocycles. The van der Waals surface area contributed by atoms with Gasteiger partial charge in [-0.05, 0) is 38.3 Å². The molecule has 100 valence electrons. The number of nitrogens with zero attached hydrogens (tertiary/aromatic N) is 1. The smallest absolute Gasteiger partial charge is 0.0935 e. The molecule has 0 aromatic heterocycles. The Morgan fingerprint density at radius 1 is 1.29 bits per heavy atom. The molecule has 0 aromatic carbocycles. The first-order valence-electron chi connectivity index (χ1n) is 6.87. The van der Waals surface area contributed by atoms with Crippen LogP contribution in [0.1, 0.15) is 19.3 Å². The van der Waals surface area contributed by atoms with Crippen LogP contribution >= 0.6 is 0 Å². The monoisotopic (exact) mass is 242 g/mol. The van der Waals surface area contributed by atoms with Gasteiger partial charge in [-0.25, -0.2) is 0 Å². The summed E-state index contributed by atoms with van der Waals surface area (Å²) < 4.78 is 11.5. The van der Waals surface area contributed by atoms with E-state index in [4.69, 9.17) is 15.2 Å². The van der Waals surface area contributed by atoms with Gasteiger partial charge in [0, 0.05) is 19.7 Å². The molecule has 17 heavy (non-hydrogen) atoms. The van der Waals surface area contributed by atoms with Crippen molar-refractivity contribution in [1.29, 1.82) is 0 Å². The fourth-order valence-electron chi connectivity index (χ4n) is 2.96. The first-order chi connectivity index (χ1) is 8.29. The van der Waals surface area contributed by atoms with Crippen LogP contribution in [-0.2, 0) is 9.47 Å². The third-order valence-corrected chi connectivity index (χ3v) is 4.10. The molecule has 1 saturated carbocycles. The molecular weight excluding hydrogens is 216 g/mol. The Bertz CT molecular complexity index is 225. The molecule has 0 amide bonds. The highest BCUT2D eigenvalue weighted by molar-refractivity contribution is 4.78. The maximum Gasteiger partial charge on any atom is 0.0935 e. The van der Waals surface area contributed by atoms with Gasteiger partial charge in [0.1, 0.15) is 0 Å². The highest BCUT2D eigenvalue weighted by Gasteiger charge is 2.26. The first-order valence-corrected chi connectivity index (χ1v) is 6.87. The van der Waals surface area contributed by atoms with Gasteiger partial charge in [0.2, 0.25) is 0 Å². The zero-order valence-corrected chi connectivity index (χ0v) is 10.9. The number of ether oxygens (including phenoxy) is 2. The van der Waals surface area contributed by atoms with E-state index in [1.54, 1.807) is 0 Å². The van der Waals surface area contributed by atoms with Crippen molar-refractivity contribution in [1.82, 2.24) is 4.90 Å². The SMILES string of the molecule is CN1CCOC(COCC2CCCC2CN)C1. The summed E-state index contributed by atoms with van der Waals surface area (Å²) in [7, 11) is 2.14. The zero-order chi connectivity index (χ0) is 12.1. The summed E-state index contributed by atoms with van der Waals surface area (Å²) in [6.07, 6.45) is 4.14. The molecule has 4 nitrogen and oxygen atoms in total. The molecule has 2 N–H and O–H groups in total. The lowest BCUT2D eigenvalue weighted by Crippen LogP contribution is -2.42. The van der Waals surface area contributed by atoms with Gasteiger partial charge in [-0.15, -0.1) is 0 Å². The average Bonchev–Trinajstić information content (AvgIpc) is 2.77. The van der Waals surface area contributed by atoms with Crippen molar-refractivity contribution in [3.8, 4) is 0 Å². The Hall–Kier alpha value is -0.160. The number of rotatable bonds is 5. The van der Waals surface area contributed by atoms with Gasteiger partial charge in [0.25, 0.3) is 0 Å². The third kappa shape index (κ3) is 3.91. The lowest BCUT2D eigenvalue weighted by Gasteiger charge is -2.30. The number of nitrogens with two attached hydrogens (primary N) is 1. The van der Waals surface area contributed by atoms with E-state index in [0.717, 1.165) is 39.5 Å². The molecule has 1 aliphatic heterocycles. The molecule has 4 heteroatoms. The van der Waals surface area contributed by atoms with Gasteiger partial charge in [-0.1, -0.05) is 6.42 Å². The van der Waals surface area contributed by atoms with Crippen LogP contribution < -0.4 is 5.73 Å². The minimum absolute atomic E-state index is 0.256. The number of morpholine rings is 1. The summed E-state index contributed by atoms with van der Waals surface area (Å²) in [5, 5.41) is 0. The van der Waals surface area contributed by atoms with Crippen molar-refractivity contribution in [3.05, 3.63) is 0 Å². The van der Waals surface area contributed by atoms with Crippen molar-refractivity contribution in [3.63, 3.8) is 0 Å². The van der Waals surface area contributed by atoms with E-state index in [0.29, 0.717) is 11.8 Å². The lowest BCUT2D eigenvalue weighted by molar-refractivity contribution is -0.0690. The van der Waals surface area contributed by atoms with Crippen LogP contribution in [0.25, 0.3) is 0 Å². The molecule has 0 bridgehead atoms. The van der Waals surface area contributed by atoms with Gasteiger partial charge in [0.15, 0.2) is 0 Å². The van der Waals surface area contributed by atoms with Gasteiger partial charge in [-0.2, -0.15) is 0 Å². The van der Waals surface area contributed by atoms with E-state index in [9.17, 15) is 0 Å². The van der Waals surface area contributed by atoms with Crippen molar-refractivity contribution in [2.75, 3.05) is 46.5 Å². The molecule has 0 radical (unpaired) electrons. The van der Waals surface area contributed by atoms with Crippen LogP contribution in [0.15, 0.2) is 0 Å². The van der Waals surface area contributed by atoms with Crippen LogP contribution in [0.3, 0.4) is 0 Å². The maximum absolute atomic E-state index is 5.83. The van der Waals surface area contributed by atoms with Crippen LogP contribution in [0.5, 0.6) is 0 Å². The van der Waals surface area contributed by atoms with E-state index in [2.05, 4.69) is 11.9 Å². The maximum atomic E-state index is 5.83. The molecule has 3 unspecified atom stereocenters. The highest BCUT2D eigenvalue weighted by Crippen LogP contribution is 2.30. The largest absolute Gasteiger partial charge is 0.378 e. The Balaban J connectivity index is 1.62. The second-order valence-electron chi connectivity index (χ2n) is 5.48. The standard InChI is InChI=1S/C13H26N2O2/c1-15-5-6-17-13(8-15)10-16-9-12-4-2-3-11(12)7-14/h11-13H,2-10,14H2,1H3. The number of hydrogen-bond donors (Lipinski definition) is 1. The van der Waals surface area contributed by atoms with Crippen LogP contribution in [-0.4, -0.2) is 57.5 Å². The molecule has 2 aliphatic rings. The molecule has 0 aromatic rings. The molecule has 1 heterocycles. The fraction of sp³-hybridized carbons (Fsp3) is 1.00. The topological polar surface area (TPSA) is 47.7 Å². The molecule has 2 fully saturated rings. The summed E-state index contributed by atoms with van der Waals surface area (Å²) in [4.78, 5) is 2.30. The van der Waals surface area contributed by atoms with E-state index in [1.165, 1.54) is 19.3 Å². The summed E-state index contributed by atoms with van der Waals surface area (Å²) >= 11 is 0. The van der Waals surface area contributed by atoms with Crippen LogP contribution in [0.4, 0.5) is 0 Å². The lowest BCUT2D eigenvalue weighted by atomic mass is 9.97. The van der Waals surface area contributed by atoms with Gasteiger partial charge >= 0.3 is 0 Å². The summed E-state index contributed by atoms with van der Waals surface area (Å²) in [6, 6.07) is 0. The third-order valence-electron chi connectivity index (χ3n) is 4.10. The second kappa shape index (κ2) is 6.69. The summed E-state index contributed by atoms with van der Waals surface area (Å²) in [5.41, 5.74) is 5.77. The Labute approximate surface area is 104 Å². The Kier molecular flexibility index (Phi) is 5.22. The van der Waals surface area contributed by atoms with Gasteiger partial charge in [-0.3, -0.25) is 0 Å². The van der Waals surface area contributed by atoms with Crippen molar-refractivity contribution < 1.29 is 9.47 Å². The van der Waals surface area contributed by atoms with E-state index in [1.807, 2.05) is 0 Å². The molecular formula is C13H26N2O2. The zero-order valence-electron chi connectivity index (χ0n) is 10.9. The van der Waals surface area contributed by atoms with Gasteiger partial charge < -0.3 is 20.1 Å². The Morgan fingerprint density at radius 3 is 2.88 bits per heavy atom. The van der Waals surface area contributed by atoms with Crippen molar-refractivity contribution >= 4 is 0 Å². The highest BCUT2D eigenvalue weighted by atomic mass is 16.5. The predicted octanol–water partition coefficient (Wildman–Crippen LogP) is 0.709. The summed E-state index contributed by atoms with van der Waals surface area (Å²) in [6.45, 7) is 5.28. The quantitative estimate of drug-likeness (QED) is 0.771. The fourth-order valence-corrected chi connectivity index (χ4v) is 2.96. The first kappa shape index (κ1) is 13.3. The minimum Gasteiger partial charge on any atom is -0.378 e. The molecule has 2 rings (SSSR count). The normalized spacial score (nSPS) is 35.3. The van der Waals surface area contributed by atoms with Crippen LogP contribution in [0.2, 0.25) is 0 Å². The van der Waals surface area contributed by atoms with Crippen molar-refractivity contribution in [2.45, 2.75) is 25.4 Å². The van der Waals surface area contributed by atoms with E-state index >= 15 is 0 Å². The van der Waals surface area contributed by atoms with Gasteiger partial charge in [0.05, 0.1) is 19.3 Å². The molecule has 1 aliphatic carbocycles. The second-order valence-corrected chi connectivity index (χ2v) is 5.48. The molecule has 3 atom stereocenters. The molecule has 0 spiro atoms. The minimum atomic E-state index is 0.256. The summed E-state index contributed by atoms with van der Waals surface area (Å²) in [5.74, 6) is 1.37.